The van der Waals surface area contributed by atoms with E-state index in [0.717, 1.165) is 5.56 Å². The fourth-order valence-corrected chi connectivity index (χ4v) is 1.97. The van der Waals surface area contributed by atoms with Gasteiger partial charge in [0.25, 0.3) is 5.56 Å². The molecule has 2 aromatic rings. The minimum atomic E-state index is -0.270. The summed E-state index contributed by atoms with van der Waals surface area (Å²) in [5, 5.41) is 3.35. The molecule has 1 heterocycles. The van der Waals surface area contributed by atoms with Crippen LogP contribution < -0.4 is 10.9 Å². The first-order valence-corrected chi connectivity index (χ1v) is 6.95. The first-order valence-electron chi connectivity index (χ1n) is 6.57. The number of hydrogen-bond donors (Lipinski definition) is 1. The SMILES string of the molecule is CC(C)NC(=O)Cn1cnc(-c2ccc(Cl)cc2)cc1=O. The summed E-state index contributed by atoms with van der Waals surface area (Å²) in [6, 6.07) is 8.50. The van der Waals surface area contributed by atoms with Gasteiger partial charge in [0.1, 0.15) is 6.54 Å². The highest BCUT2D eigenvalue weighted by Gasteiger charge is 2.08. The van der Waals surface area contributed by atoms with Gasteiger partial charge in [0, 0.05) is 22.7 Å². The summed E-state index contributed by atoms with van der Waals surface area (Å²) in [5.41, 5.74) is 1.08. The van der Waals surface area contributed by atoms with Gasteiger partial charge in [-0.15, -0.1) is 0 Å². The number of rotatable bonds is 4. The lowest BCUT2D eigenvalue weighted by atomic mass is 10.1. The second-order valence-electron chi connectivity index (χ2n) is 4.97. The van der Waals surface area contributed by atoms with Crippen LogP contribution in [-0.4, -0.2) is 21.5 Å². The smallest absolute Gasteiger partial charge is 0.254 e. The molecule has 0 aliphatic carbocycles. The minimum Gasteiger partial charge on any atom is -0.352 e. The van der Waals surface area contributed by atoms with Crippen LogP contribution >= 0.6 is 11.6 Å². The van der Waals surface area contributed by atoms with Crippen molar-refractivity contribution in [1.29, 1.82) is 0 Å². The summed E-state index contributed by atoms with van der Waals surface area (Å²) < 4.78 is 1.27. The molecule has 0 unspecified atom stereocenters. The first-order chi connectivity index (χ1) is 9.95. The quantitative estimate of drug-likeness (QED) is 0.940. The third kappa shape index (κ3) is 4.16. The normalized spacial score (nSPS) is 10.7. The molecule has 0 radical (unpaired) electrons. The minimum absolute atomic E-state index is 0.0366. The second-order valence-corrected chi connectivity index (χ2v) is 5.41. The monoisotopic (exact) mass is 305 g/mol. The standard InChI is InChI=1S/C15H16ClN3O2/c1-10(2)18-14(20)8-19-9-17-13(7-15(19)21)11-3-5-12(16)6-4-11/h3-7,9-10H,8H2,1-2H3,(H,18,20). The third-order valence-corrected chi connectivity index (χ3v) is 3.04. The molecular formula is C15H16ClN3O2. The molecule has 0 saturated carbocycles. The largest absolute Gasteiger partial charge is 0.352 e. The molecule has 0 aliphatic rings. The lowest BCUT2D eigenvalue weighted by molar-refractivity contribution is -0.122. The molecule has 110 valence electrons. The number of carbonyl (C=O) groups excluding carboxylic acids is 1. The van der Waals surface area contributed by atoms with Crippen molar-refractivity contribution >= 4 is 17.5 Å². The van der Waals surface area contributed by atoms with E-state index in [0.29, 0.717) is 10.7 Å². The summed E-state index contributed by atoms with van der Waals surface area (Å²) in [6.45, 7) is 3.69. The van der Waals surface area contributed by atoms with E-state index in [4.69, 9.17) is 11.6 Å². The fraction of sp³-hybridized carbons (Fsp3) is 0.267. The van der Waals surface area contributed by atoms with Gasteiger partial charge in [-0.1, -0.05) is 23.7 Å². The Kier molecular flexibility index (Phi) is 4.75. The average molecular weight is 306 g/mol. The van der Waals surface area contributed by atoms with Gasteiger partial charge in [0.15, 0.2) is 0 Å². The molecule has 0 fully saturated rings. The summed E-state index contributed by atoms with van der Waals surface area (Å²) in [4.78, 5) is 27.9. The Hall–Kier alpha value is -2.14. The number of benzene rings is 1. The number of amides is 1. The van der Waals surface area contributed by atoms with Gasteiger partial charge in [-0.3, -0.25) is 14.2 Å². The van der Waals surface area contributed by atoms with Crippen LogP contribution in [0.1, 0.15) is 13.8 Å². The molecule has 6 heteroatoms. The summed E-state index contributed by atoms with van der Waals surface area (Å²) in [6.07, 6.45) is 1.38. The summed E-state index contributed by atoms with van der Waals surface area (Å²) >= 11 is 5.82. The lowest BCUT2D eigenvalue weighted by Gasteiger charge is -2.10. The number of nitrogens with zero attached hydrogens (tertiary/aromatic N) is 2. The van der Waals surface area contributed by atoms with Crippen LogP contribution in [0.3, 0.4) is 0 Å². The van der Waals surface area contributed by atoms with Gasteiger partial charge in [-0.25, -0.2) is 4.98 Å². The molecule has 0 saturated heterocycles. The molecule has 21 heavy (non-hydrogen) atoms. The van der Waals surface area contributed by atoms with Crippen LogP contribution in [0.4, 0.5) is 0 Å². The van der Waals surface area contributed by atoms with Crippen molar-refractivity contribution in [3.05, 3.63) is 52.0 Å². The van der Waals surface area contributed by atoms with E-state index >= 15 is 0 Å². The summed E-state index contributed by atoms with van der Waals surface area (Å²) in [5.74, 6) is -0.215. The maximum absolute atomic E-state index is 12.0. The molecular weight excluding hydrogens is 290 g/mol. The van der Waals surface area contributed by atoms with Crippen molar-refractivity contribution in [2.45, 2.75) is 26.4 Å². The fourth-order valence-electron chi connectivity index (χ4n) is 1.85. The number of aromatic nitrogens is 2. The van der Waals surface area contributed by atoms with Crippen molar-refractivity contribution in [1.82, 2.24) is 14.9 Å². The second kappa shape index (κ2) is 6.54. The van der Waals surface area contributed by atoms with E-state index in [2.05, 4.69) is 10.3 Å². The van der Waals surface area contributed by atoms with Crippen molar-refractivity contribution < 1.29 is 4.79 Å². The molecule has 5 nitrogen and oxygen atoms in total. The third-order valence-electron chi connectivity index (χ3n) is 2.78. The topological polar surface area (TPSA) is 64.0 Å². The van der Waals surface area contributed by atoms with Gasteiger partial charge >= 0.3 is 0 Å². The zero-order valence-electron chi connectivity index (χ0n) is 11.8. The van der Waals surface area contributed by atoms with Crippen molar-refractivity contribution in [3.8, 4) is 11.3 Å². The average Bonchev–Trinajstić information content (AvgIpc) is 2.41. The van der Waals surface area contributed by atoms with Crippen LogP contribution in [0.25, 0.3) is 11.3 Å². The van der Waals surface area contributed by atoms with Gasteiger partial charge in [-0.2, -0.15) is 0 Å². The zero-order valence-corrected chi connectivity index (χ0v) is 12.6. The molecule has 0 atom stereocenters. The lowest BCUT2D eigenvalue weighted by Crippen LogP contribution is -2.35. The molecule has 1 aromatic carbocycles. The Labute approximate surface area is 127 Å². The van der Waals surface area contributed by atoms with E-state index in [1.807, 2.05) is 13.8 Å². The Balaban J connectivity index is 2.20. The van der Waals surface area contributed by atoms with Gasteiger partial charge in [-0.05, 0) is 26.0 Å². The highest BCUT2D eigenvalue weighted by Crippen LogP contribution is 2.17. The van der Waals surface area contributed by atoms with Gasteiger partial charge in [0.05, 0.1) is 12.0 Å². The molecule has 1 aromatic heterocycles. The highest BCUT2D eigenvalue weighted by atomic mass is 35.5. The predicted octanol–water partition coefficient (Wildman–Crippen LogP) is 2.09. The number of halogens is 1. The van der Waals surface area contributed by atoms with E-state index in [-0.39, 0.29) is 24.1 Å². The zero-order chi connectivity index (χ0) is 15.4. The summed E-state index contributed by atoms with van der Waals surface area (Å²) in [7, 11) is 0. The Morgan fingerprint density at radius 1 is 1.33 bits per heavy atom. The van der Waals surface area contributed by atoms with Gasteiger partial charge < -0.3 is 5.32 Å². The Morgan fingerprint density at radius 3 is 2.57 bits per heavy atom. The molecule has 1 amide bonds. The number of hydrogen-bond acceptors (Lipinski definition) is 3. The molecule has 1 N–H and O–H groups in total. The van der Waals surface area contributed by atoms with E-state index in [1.54, 1.807) is 24.3 Å². The maximum Gasteiger partial charge on any atom is 0.254 e. The van der Waals surface area contributed by atoms with Crippen molar-refractivity contribution in [2.24, 2.45) is 0 Å². The van der Waals surface area contributed by atoms with Crippen molar-refractivity contribution in [2.75, 3.05) is 0 Å². The van der Waals surface area contributed by atoms with Crippen LogP contribution in [0, 0.1) is 0 Å². The Morgan fingerprint density at radius 2 is 2.00 bits per heavy atom. The molecule has 2 rings (SSSR count). The molecule has 0 bridgehead atoms. The maximum atomic E-state index is 12.0. The Bertz CT molecular complexity index is 693. The number of nitrogens with one attached hydrogen (secondary N) is 1. The van der Waals surface area contributed by atoms with E-state index in [9.17, 15) is 9.59 Å². The molecule has 0 aliphatic heterocycles. The first kappa shape index (κ1) is 15.3. The van der Waals surface area contributed by atoms with Gasteiger partial charge in [0.2, 0.25) is 5.91 Å². The highest BCUT2D eigenvalue weighted by molar-refractivity contribution is 6.30. The van der Waals surface area contributed by atoms with Crippen LogP contribution in [-0.2, 0) is 11.3 Å². The number of carbonyl (C=O) groups is 1. The van der Waals surface area contributed by atoms with Crippen molar-refractivity contribution in [3.63, 3.8) is 0 Å². The van der Waals surface area contributed by atoms with Crippen LogP contribution in [0.15, 0.2) is 41.5 Å². The van der Waals surface area contributed by atoms with Crippen LogP contribution in [0.5, 0.6) is 0 Å². The predicted molar refractivity (Wildman–Crippen MR) is 82.2 cm³/mol. The van der Waals surface area contributed by atoms with E-state index in [1.165, 1.54) is 17.0 Å². The van der Waals surface area contributed by atoms with E-state index < -0.39 is 0 Å². The molecule has 0 spiro atoms. The van der Waals surface area contributed by atoms with Crippen LogP contribution in [0.2, 0.25) is 5.02 Å².